The van der Waals surface area contributed by atoms with Gasteiger partial charge in [-0.1, -0.05) is 27.5 Å². The van der Waals surface area contributed by atoms with Gasteiger partial charge in [0.05, 0.1) is 6.10 Å². The third kappa shape index (κ3) is 4.25. The normalized spacial score (nSPS) is 12.1. The van der Waals surface area contributed by atoms with Crippen LogP contribution in [0.15, 0.2) is 22.7 Å². The van der Waals surface area contributed by atoms with Gasteiger partial charge in [0.1, 0.15) is 0 Å². The van der Waals surface area contributed by atoms with Gasteiger partial charge in [0.25, 0.3) is 0 Å². The zero-order valence-corrected chi connectivity index (χ0v) is 10.6. The molecule has 1 rings (SSSR count). The lowest BCUT2D eigenvalue weighted by molar-refractivity contribution is 0.165. The fourth-order valence-electron chi connectivity index (χ4n) is 1.33. The van der Waals surface area contributed by atoms with Crippen molar-refractivity contribution in [2.75, 3.05) is 0 Å². The fourth-order valence-corrected chi connectivity index (χ4v) is 2.22. The number of terminal acetylenes is 1. The van der Waals surface area contributed by atoms with Gasteiger partial charge in [0.2, 0.25) is 0 Å². The lowest BCUT2D eigenvalue weighted by atomic mass is 10.0. The molecule has 1 N–H and O–H groups in total. The maximum absolute atomic E-state index is 9.85. The lowest BCUT2D eigenvalue weighted by Crippen LogP contribution is -1.97. The van der Waals surface area contributed by atoms with Crippen molar-refractivity contribution in [2.45, 2.75) is 25.4 Å². The lowest BCUT2D eigenvalue weighted by Gasteiger charge is -2.10. The molecule has 0 aliphatic carbocycles. The Morgan fingerprint density at radius 1 is 1.47 bits per heavy atom. The summed E-state index contributed by atoms with van der Waals surface area (Å²) >= 11 is 9.22. The topological polar surface area (TPSA) is 20.2 Å². The van der Waals surface area contributed by atoms with E-state index in [-0.39, 0.29) is 0 Å². The average Bonchev–Trinajstić information content (AvgIpc) is 2.16. The summed E-state index contributed by atoms with van der Waals surface area (Å²) in [6.45, 7) is 0. The first-order valence-electron chi connectivity index (χ1n) is 4.71. The second-order valence-corrected chi connectivity index (χ2v) is 4.67. The predicted octanol–water partition coefficient (Wildman–Crippen LogP) is 3.94. The molecular formula is C12H12BrClO. The van der Waals surface area contributed by atoms with E-state index >= 15 is 0 Å². The molecule has 0 spiro atoms. The van der Waals surface area contributed by atoms with Crippen LogP contribution in [0.1, 0.15) is 30.9 Å². The van der Waals surface area contributed by atoms with E-state index in [2.05, 4.69) is 21.9 Å². The first-order chi connectivity index (χ1) is 7.13. The molecule has 1 unspecified atom stereocenters. The highest BCUT2D eigenvalue weighted by molar-refractivity contribution is 9.10. The van der Waals surface area contributed by atoms with E-state index in [1.807, 2.05) is 6.07 Å². The van der Waals surface area contributed by atoms with Crippen molar-refractivity contribution in [1.82, 2.24) is 0 Å². The fraction of sp³-hybridized carbons (Fsp3) is 0.333. The Morgan fingerprint density at radius 3 is 2.80 bits per heavy atom. The maximum atomic E-state index is 9.85. The summed E-state index contributed by atoms with van der Waals surface area (Å²) in [4.78, 5) is 0. The number of halogens is 2. The highest BCUT2D eigenvalue weighted by atomic mass is 79.9. The van der Waals surface area contributed by atoms with Crippen molar-refractivity contribution in [3.8, 4) is 12.3 Å². The zero-order valence-electron chi connectivity index (χ0n) is 8.21. The van der Waals surface area contributed by atoms with Crippen molar-refractivity contribution in [2.24, 2.45) is 0 Å². The van der Waals surface area contributed by atoms with Crippen LogP contribution in [0.4, 0.5) is 0 Å². The number of rotatable bonds is 4. The maximum Gasteiger partial charge on any atom is 0.0791 e. The van der Waals surface area contributed by atoms with Gasteiger partial charge in [-0.3, -0.25) is 0 Å². The van der Waals surface area contributed by atoms with Gasteiger partial charge in [0, 0.05) is 15.9 Å². The zero-order chi connectivity index (χ0) is 11.3. The molecule has 1 nitrogen and oxygen atoms in total. The van der Waals surface area contributed by atoms with Gasteiger partial charge in [-0.2, -0.15) is 0 Å². The summed E-state index contributed by atoms with van der Waals surface area (Å²) < 4.78 is 0.876. The quantitative estimate of drug-likeness (QED) is 0.657. The van der Waals surface area contributed by atoms with Gasteiger partial charge in [0.15, 0.2) is 0 Å². The van der Waals surface area contributed by atoms with Crippen LogP contribution in [-0.2, 0) is 0 Å². The second-order valence-electron chi connectivity index (χ2n) is 3.31. The Labute approximate surface area is 104 Å². The highest BCUT2D eigenvalue weighted by Gasteiger charge is 2.08. The molecule has 0 saturated carbocycles. The van der Waals surface area contributed by atoms with Crippen molar-refractivity contribution >= 4 is 27.5 Å². The number of unbranched alkanes of at least 4 members (excludes halogenated alkanes) is 1. The van der Waals surface area contributed by atoms with Crippen molar-refractivity contribution in [3.05, 3.63) is 33.3 Å². The first kappa shape index (κ1) is 12.6. The molecule has 0 saturated heterocycles. The molecule has 0 aromatic heterocycles. The van der Waals surface area contributed by atoms with Crippen LogP contribution in [0, 0.1) is 12.3 Å². The second kappa shape index (κ2) is 6.17. The molecule has 0 aliphatic rings. The highest BCUT2D eigenvalue weighted by Crippen LogP contribution is 2.26. The number of hydrogen-bond acceptors (Lipinski definition) is 1. The summed E-state index contributed by atoms with van der Waals surface area (Å²) in [7, 11) is 0. The molecule has 0 heterocycles. The largest absolute Gasteiger partial charge is 0.388 e. The molecule has 0 bridgehead atoms. The minimum absolute atomic E-state index is 0.492. The van der Waals surface area contributed by atoms with E-state index in [0.717, 1.165) is 16.5 Å². The molecule has 0 radical (unpaired) electrons. The van der Waals surface area contributed by atoms with Crippen molar-refractivity contribution < 1.29 is 5.11 Å². The SMILES string of the molecule is C#CCCCC(O)c1cc(Cl)cc(Br)c1. The van der Waals surface area contributed by atoms with Gasteiger partial charge < -0.3 is 5.11 Å². The number of hydrogen-bond donors (Lipinski definition) is 1. The van der Waals surface area contributed by atoms with Crippen molar-refractivity contribution in [1.29, 1.82) is 0 Å². The third-order valence-electron chi connectivity index (χ3n) is 2.07. The van der Waals surface area contributed by atoms with E-state index in [1.54, 1.807) is 12.1 Å². The van der Waals surface area contributed by atoms with E-state index in [4.69, 9.17) is 18.0 Å². The van der Waals surface area contributed by atoms with Gasteiger partial charge >= 0.3 is 0 Å². The summed E-state index contributed by atoms with van der Waals surface area (Å²) in [5.41, 5.74) is 0.825. The Morgan fingerprint density at radius 2 is 2.20 bits per heavy atom. The third-order valence-corrected chi connectivity index (χ3v) is 2.74. The molecule has 0 aliphatic heterocycles. The average molecular weight is 288 g/mol. The number of aliphatic hydroxyl groups excluding tert-OH is 1. The number of aliphatic hydroxyl groups is 1. The van der Waals surface area contributed by atoms with Crippen LogP contribution >= 0.6 is 27.5 Å². The standard InChI is InChI=1S/C12H12BrClO/c1-2-3-4-5-12(15)9-6-10(13)8-11(14)7-9/h1,6-8,12,15H,3-5H2. The smallest absolute Gasteiger partial charge is 0.0791 e. The van der Waals surface area contributed by atoms with Crippen LogP contribution < -0.4 is 0 Å². The van der Waals surface area contributed by atoms with E-state index in [9.17, 15) is 5.11 Å². The van der Waals surface area contributed by atoms with E-state index in [0.29, 0.717) is 17.9 Å². The minimum Gasteiger partial charge on any atom is -0.388 e. The summed E-state index contributed by atoms with van der Waals surface area (Å²) in [5, 5.41) is 10.5. The molecule has 15 heavy (non-hydrogen) atoms. The molecule has 80 valence electrons. The molecule has 0 amide bonds. The Bertz CT molecular complexity index is 350. The molecule has 0 fully saturated rings. The molecular weight excluding hydrogens is 275 g/mol. The predicted molar refractivity (Wildman–Crippen MR) is 66.8 cm³/mol. The van der Waals surface area contributed by atoms with Crippen LogP contribution in [-0.4, -0.2) is 5.11 Å². The van der Waals surface area contributed by atoms with E-state index in [1.165, 1.54) is 0 Å². The molecule has 3 heteroatoms. The van der Waals surface area contributed by atoms with Crippen LogP contribution in [0.2, 0.25) is 5.02 Å². The summed E-state index contributed by atoms with van der Waals surface area (Å²) in [6, 6.07) is 5.43. The van der Waals surface area contributed by atoms with Crippen molar-refractivity contribution in [3.63, 3.8) is 0 Å². The summed E-state index contributed by atoms with van der Waals surface area (Å²) in [6.07, 6.45) is 6.83. The Balaban J connectivity index is 2.65. The van der Waals surface area contributed by atoms with E-state index < -0.39 is 6.10 Å². The summed E-state index contributed by atoms with van der Waals surface area (Å²) in [5.74, 6) is 2.55. The Kier molecular flexibility index (Phi) is 5.17. The van der Waals surface area contributed by atoms with Crippen LogP contribution in [0.3, 0.4) is 0 Å². The Hall–Kier alpha value is -0.490. The van der Waals surface area contributed by atoms with Crippen LogP contribution in [0.25, 0.3) is 0 Å². The number of benzene rings is 1. The molecule has 1 atom stereocenters. The minimum atomic E-state index is -0.492. The van der Waals surface area contributed by atoms with Gasteiger partial charge in [-0.25, -0.2) is 0 Å². The van der Waals surface area contributed by atoms with Gasteiger partial charge in [-0.15, -0.1) is 12.3 Å². The van der Waals surface area contributed by atoms with Gasteiger partial charge in [-0.05, 0) is 36.6 Å². The molecule has 1 aromatic carbocycles. The van der Waals surface area contributed by atoms with Crippen LogP contribution in [0.5, 0.6) is 0 Å². The molecule has 1 aromatic rings. The first-order valence-corrected chi connectivity index (χ1v) is 5.88. The monoisotopic (exact) mass is 286 g/mol.